The number of hydrogen-bond acceptors (Lipinski definition) is 3. The lowest BCUT2D eigenvalue weighted by atomic mass is 9.93. The van der Waals surface area contributed by atoms with Crippen LogP contribution in [-0.2, 0) is 6.42 Å². The topological polar surface area (TPSA) is 57.5 Å². The highest BCUT2D eigenvalue weighted by Gasteiger charge is 2.24. The second-order valence-corrected chi connectivity index (χ2v) is 6.62. The molecule has 0 aromatic carbocycles. The molecule has 2 atom stereocenters. The van der Waals surface area contributed by atoms with Crippen LogP contribution in [-0.4, -0.2) is 36.6 Å². The van der Waals surface area contributed by atoms with E-state index in [-0.39, 0.29) is 18.1 Å². The number of carbonyl (C=O) groups excluding carboxylic acids is 1. The van der Waals surface area contributed by atoms with E-state index in [2.05, 4.69) is 22.5 Å². The van der Waals surface area contributed by atoms with Gasteiger partial charge in [-0.3, -0.25) is 0 Å². The summed E-state index contributed by atoms with van der Waals surface area (Å²) in [4.78, 5) is 14.7. The fourth-order valence-electron chi connectivity index (χ4n) is 3.63. The highest BCUT2D eigenvalue weighted by Crippen LogP contribution is 2.30. The molecule has 22 heavy (non-hydrogen) atoms. The maximum absolute atomic E-state index is 12.2. The first kappa shape index (κ1) is 15.4. The minimum absolute atomic E-state index is 0.0661. The predicted molar refractivity (Wildman–Crippen MR) is 85.8 cm³/mol. The van der Waals surface area contributed by atoms with Crippen molar-refractivity contribution < 1.29 is 9.21 Å². The average Bonchev–Trinajstić information content (AvgIpc) is 2.97. The van der Waals surface area contributed by atoms with Crippen molar-refractivity contribution in [1.82, 2.24) is 15.5 Å². The third-order valence-corrected chi connectivity index (χ3v) is 4.72. The predicted octanol–water partition coefficient (Wildman–Crippen LogP) is 2.83. The van der Waals surface area contributed by atoms with Crippen molar-refractivity contribution in [1.29, 1.82) is 0 Å². The van der Waals surface area contributed by atoms with E-state index in [4.69, 9.17) is 4.42 Å². The Hall–Kier alpha value is -1.49. The standard InChI is InChI=1S/C17H27N3O2/c1-13(12-20-9-3-2-4-10-20)18-17(21)19-15-6-5-7-16-14(15)8-11-22-16/h8,11,13,15H,2-7,9-10,12H2,1H3,(H2,18,19,21). The number of urea groups is 1. The van der Waals surface area contributed by atoms with Crippen molar-refractivity contribution in [3.63, 3.8) is 0 Å². The van der Waals surface area contributed by atoms with Crippen LogP contribution >= 0.6 is 0 Å². The van der Waals surface area contributed by atoms with Gasteiger partial charge in [0.05, 0.1) is 12.3 Å². The Kier molecular flexibility index (Phi) is 5.03. The summed E-state index contributed by atoms with van der Waals surface area (Å²) in [5.74, 6) is 1.03. The first-order valence-corrected chi connectivity index (χ1v) is 8.58. The van der Waals surface area contributed by atoms with Crippen LogP contribution in [0.3, 0.4) is 0 Å². The van der Waals surface area contributed by atoms with Crippen molar-refractivity contribution in [3.05, 3.63) is 23.7 Å². The van der Waals surface area contributed by atoms with Gasteiger partial charge in [0, 0.05) is 24.6 Å². The second kappa shape index (κ2) is 7.18. The van der Waals surface area contributed by atoms with Gasteiger partial charge in [-0.1, -0.05) is 6.42 Å². The molecule has 2 unspecified atom stereocenters. The fraction of sp³-hybridized carbons (Fsp3) is 0.706. The number of hydrogen-bond donors (Lipinski definition) is 2. The van der Waals surface area contributed by atoms with Gasteiger partial charge >= 0.3 is 6.03 Å². The minimum atomic E-state index is -0.0661. The molecule has 122 valence electrons. The zero-order valence-electron chi connectivity index (χ0n) is 13.4. The lowest BCUT2D eigenvalue weighted by Crippen LogP contribution is -2.48. The van der Waals surface area contributed by atoms with Crippen LogP contribution in [0.5, 0.6) is 0 Å². The molecular formula is C17H27N3O2. The van der Waals surface area contributed by atoms with Gasteiger partial charge in [0.25, 0.3) is 0 Å². The smallest absolute Gasteiger partial charge is 0.315 e. The number of rotatable bonds is 4. The van der Waals surface area contributed by atoms with Crippen molar-refractivity contribution in [3.8, 4) is 0 Å². The number of furan rings is 1. The zero-order chi connectivity index (χ0) is 15.4. The Labute approximate surface area is 132 Å². The normalized spacial score (nSPS) is 23.6. The summed E-state index contributed by atoms with van der Waals surface area (Å²) < 4.78 is 5.47. The largest absolute Gasteiger partial charge is 0.469 e. The fourth-order valence-corrected chi connectivity index (χ4v) is 3.63. The SMILES string of the molecule is CC(CN1CCCCC1)NC(=O)NC1CCCc2occc21. The molecule has 5 heteroatoms. The van der Waals surface area contributed by atoms with Gasteiger partial charge in [-0.15, -0.1) is 0 Å². The van der Waals surface area contributed by atoms with E-state index in [9.17, 15) is 4.79 Å². The van der Waals surface area contributed by atoms with E-state index < -0.39 is 0 Å². The molecule has 5 nitrogen and oxygen atoms in total. The van der Waals surface area contributed by atoms with Crippen molar-refractivity contribution in [2.24, 2.45) is 0 Å². The number of nitrogens with zero attached hydrogens (tertiary/aromatic N) is 1. The monoisotopic (exact) mass is 305 g/mol. The third kappa shape index (κ3) is 3.83. The quantitative estimate of drug-likeness (QED) is 0.899. The van der Waals surface area contributed by atoms with Crippen molar-refractivity contribution >= 4 is 6.03 Å². The summed E-state index contributed by atoms with van der Waals surface area (Å²) in [5, 5.41) is 6.18. The summed E-state index contributed by atoms with van der Waals surface area (Å²) >= 11 is 0. The highest BCUT2D eigenvalue weighted by molar-refractivity contribution is 5.74. The van der Waals surface area contributed by atoms with Crippen LogP contribution < -0.4 is 10.6 Å². The molecule has 0 saturated carbocycles. The van der Waals surface area contributed by atoms with E-state index in [1.54, 1.807) is 6.26 Å². The zero-order valence-corrected chi connectivity index (χ0v) is 13.4. The van der Waals surface area contributed by atoms with E-state index >= 15 is 0 Å². The molecule has 1 aromatic heterocycles. The molecule has 1 aliphatic heterocycles. The summed E-state index contributed by atoms with van der Waals surface area (Å²) in [6.07, 6.45) is 8.66. The average molecular weight is 305 g/mol. The van der Waals surface area contributed by atoms with Gasteiger partial charge in [0.1, 0.15) is 5.76 Å². The van der Waals surface area contributed by atoms with Gasteiger partial charge < -0.3 is 20.0 Å². The summed E-state index contributed by atoms with van der Waals surface area (Å²) in [7, 11) is 0. The molecular weight excluding hydrogens is 278 g/mol. The molecule has 0 radical (unpaired) electrons. The molecule has 1 fully saturated rings. The summed E-state index contributed by atoms with van der Waals surface area (Å²) in [6.45, 7) is 5.34. The molecule has 0 spiro atoms. The Morgan fingerprint density at radius 2 is 2.18 bits per heavy atom. The number of amides is 2. The molecule has 0 bridgehead atoms. The number of carbonyl (C=O) groups is 1. The van der Waals surface area contributed by atoms with Gasteiger partial charge in [0.2, 0.25) is 0 Å². The van der Waals surface area contributed by atoms with Crippen LogP contribution in [0.1, 0.15) is 56.4 Å². The van der Waals surface area contributed by atoms with Crippen molar-refractivity contribution in [2.45, 2.75) is 57.5 Å². The Balaban J connectivity index is 1.46. The van der Waals surface area contributed by atoms with Crippen LogP contribution in [0.2, 0.25) is 0 Å². The van der Waals surface area contributed by atoms with E-state index in [1.807, 2.05) is 6.07 Å². The molecule has 1 aliphatic carbocycles. The van der Waals surface area contributed by atoms with Gasteiger partial charge in [-0.05, 0) is 51.8 Å². The first-order valence-electron chi connectivity index (χ1n) is 8.58. The Bertz CT molecular complexity index is 494. The molecule has 2 N–H and O–H groups in total. The van der Waals surface area contributed by atoms with Gasteiger partial charge in [-0.2, -0.15) is 0 Å². The number of piperidine rings is 1. The Morgan fingerprint density at radius 1 is 1.36 bits per heavy atom. The molecule has 1 aromatic rings. The molecule has 3 rings (SSSR count). The highest BCUT2D eigenvalue weighted by atomic mass is 16.3. The van der Waals surface area contributed by atoms with E-state index in [0.29, 0.717) is 0 Å². The summed E-state index contributed by atoms with van der Waals surface area (Å²) in [5.41, 5.74) is 1.14. The Morgan fingerprint density at radius 3 is 3.00 bits per heavy atom. The van der Waals surface area contributed by atoms with Gasteiger partial charge in [-0.25, -0.2) is 4.79 Å². The van der Waals surface area contributed by atoms with Crippen molar-refractivity contribution in [2.75, 3.05) is 19.6 Å². The number of aryl methyl sites for hydroxylation is 1. The number of likely N-dealkylation sites (tertiary alicyclic amines) is 1. The van der Waals surface area contributed by atoms with Crippen LogP contribution in [0, 0.1) is 0 Å². The maximum Gasteiger partial charge on any atom is 0.315 e. The lowest BCUT2D eigenvalue weighted by Gasteiger charge is -2.30. The molecule has 2 amide bonds. The number of nitrogens with one attached hydrogen (secondary N) is 2. The lowest BCUT2D eigenvalue weighted by molar-refractivity contribution is 0.201. The third-order valence-electron chi connectivity index (χ3n) is 4.72. The van der Waals surface area contributed by atoms with Gasteiger partial charge in [0.15, 0.2) is 0 Å². The van der Waals surface area contributed by atoms with Crippen LogP contribution in [0.15, 0.2) is 16.7 Å². The number of fused-ring (bicyclic) bond motifs is 1. The second-order valence-electron chi connectivity index (χ2n) is 6.62. The van der Waals surface area contributed by atoms with E-state index in [1.165, 1.54) is 19.3 Å². The van der Waals surface area contributed by atoms with E-state index in [0.717, 1.165) is 50.2 Å². The minimum Gasteiger partial charge on any atom is -0.469 e. The van der Waals surface area contributed by atoms with Crippen LogP contribution in [0.4, 0.5) is 4.79 Å². The molecule has 1 saturated heterocycles. The first-order chi connectivity index (χ1) is 10.7. The van der Waals surface area contributed by atoms with Crippen LogP contribution in [0.25, 0.3) is 0 Å². The summed E-state index contributed by atoms with van der Waals surface area (Å²) in [6, 6.07) is 2.18. The maximum atomic E-state index is 12.2. The molecule has 2 aliphatic rings. The molecule has 2 heterocycles.